The predicted octanol–water partition coefficient (Wildman–Crippen LogP) is 2.89. The van der Waals surface area contributed by atoms with Crippen molar-refractivity contribution in [3.8, 4) is 0 Å². The molecule has 2 rings (SSSR count). The maximum Gasteiger partial charge on any atom is 0.406 e. The lowest BCUT2D eigenvalue weighted by molar-refractivity contribution is 0.00471. The van der Waals surface area contributed by atoms with Gasteiger partial charge in [0.1, 0.15) is 5.82 Å². The highest BCUT2D eigenvalue weighted by molar-refractivity contribution is 6.30. The average molecular weight is 345 g/mol. The number of carbonyl (C=O) groups is 1. The van der Waals surface area contributed by atoms with E-state index in [9.17, 15) is 9.18 Å². The topological polar surface area (TPSA) is 59.6 Å². The van der Waals surface area contributed by atoms with E-state index in [0.717, 1.165) is 31.5 Å². The Kier molecular flexibility index (Phi) is 7.08. The van der Waals surface area contributed by atoms with E-state index in [2.05, 4.69) is 15.4 Å². The van der Waals surface area contributed by atoms with Crippen LogP contribution in [0.4, 0.5) is 9.18 Å². The van der Waals surface area contributed by atoms with Crippen molar-refractivity contribution in [2.24, 2.45) is 5.92 Å². The van der Waals surface area contributed by atoms with Crippen molar-refractivity contribution >= 4 is 17.7 Å². The minimum absolute atomic E-state index is 0.0903. The molecule has 1 amide bonds. The van der Waals surface area contributed by atoms with Crippen molar-refractivity contribution in [2.45, 2.75) is 18.9 Å². The van der Waals surface area contributed by atoms with E-state index in [0.29, 0.717) is 13.2 Å². The Morgan fingerprint density at radius 1 is 1.57 bits per heavy atom. The first-order valence-electron chi connectivity index (χ1n) is 7.71. The number of methoxy groups -OCH3 is 1. The first kappa shape index (κ1) is 18.0. The van der Waals surface area contributed by atoms with Crippen LogP contribution in [0.25, 0.3) is 0 Å². The number of carbonyl (C=O) groups excluding carboxylic acids is 1. The number of amides is 1. The lowest BCUT2D eigenvalue weighted by Gasteiger charge is -2.31. The summed E-state index contributed by atoms with van der Waals surface area (Å²) in [6.45, 7) is 2.52. The second kappa shape index (κ2) is 9.05. The van der Waals surface area contributed by atoms with Crippen LogP contribution in [-0.4, -0.2) is 39.4 Å². The number of benzene rings is 1. The summed E-state index contributed by atoms with van der Waals surface area (Å²) in [5.41, 5.74) is 0.850. The summed E-state index contributed by atoms with van der Waals surface area (Å²) >= 11 is 5.90. The van der Waals surface area contributed by atoms with Gasteiger partial charge in [0.15, 0.2) is 0 Å². The van der Waals surface area contributed by atoms with Crippen molar-refractivity contribution in [1.29, 1.82) is 0 Å². The van der Waals surface area contributed by atoms with Crippen molar-refractivity contribution in [3.63, 3.8) is 0 Å². The largest absolute Gasteiger partial charge is 0.453 e. The van der Waals surface area contributed by atoms with Gasteiger partial charge >= 0.3 is 6.09 Å². The summed E-state index contributed by atoms with van der Waals surface area (Å²) in [5.74, 6) is -0.160. The molecule has 1 saturated heterocycles. The number of alkyl carbamates (subject to hydrolysis) is 1. The number of piperidine rings is 1. The molecule has 1 aromatic rings. The van der Waals surface area contributed by atoms with Crippen LogP contribution in [0.3, 0.4) is 0 Å². The van der Waals surface area contributed by atoms with Crippen LogP contribution < -0.4 is 10.6 Å². The maximum atomic E-state index is 13.4. The monoisotopic (exact) mass is 344 g/mol. The molecule has 128 valence electrons. The minimum atomic E-state index is -0.491. The highest BCUT2D eigenvalue weighted by Gasteiger charge is 2.26. The molecular formula is C16H22ClFN2O3. The number of rotatable bonds is 6. The third-order valence-corrected chi connectivity index (χ3v) is 4.18. The van der Waals surface area contributed by atoms with Gasteiger partial charge in [-0.1, -0.05) is 17.7 Å². The van der Waals surface area contributed by atoms with E-state index >= 15 is 0 Å². The van der Waals surface area contributed by atoms with Crippen LogP contribution in [-0.2, 0) is 9.47 Å². The quantitative estimate of drug-likeness (QED) is 0.779. The molecule has 1 fully saturated rings. The third kappa shape index (κ3) is 5.34. The number of hydrogen-bond acceptors (Lipinski definition) is 4. The van der Waals surface area contributed by atoms with Gasteiger partial charge in [0.2, 0.25) is 0 Å². The second-order valence-corrected chi connectivity index (χ2v) is 5.90. The van der Waals surface area contributed by atoms with Crippen LogP contribution >= 0.6 is 11.6 Å². The molecule has 0 aromatic heterocycles. The van der Waals surface area contributed by atoms with Gasteiger partial charge in [-0.05, 0) is 37.1 Å². The molecule has 1 aromatic carbocycles. The average Bonchev–Trinajstić information content (AvgIpc) is 2.58. The summed E-state index contributed by atoms with van der Waals surface area (Å²) in [7, 11) is 1.31. The molecule has 0 radical (unpaired) electrons. The summed E-state index contributed by atoms with van der Waals surface area (Å²) < 4.78 is 23.9. The number of halogens is 2. The van der Waals surface area contributed by atoms with Gasteiger partial charge in [-0.15, -0.1) is 0 Å². The third-order valence-electron chi connectivity index (χ3n) is 3.89. The molecule has 1 heterocycles. The lowest BCUT2D eigenvalue weighted by Crippen LogP contribution is -2.35. The zero-order valence-corrected chi connectivity index (χ0v) is 13.9. The predicted molar refractivity (Wildman–Crippen MR) is 86.1 cm³/mol. The molecular weight excluding hydrogens is 323 g/mol. The summed E-state index contributed by atoms with van der Waals surface area (Å²) in [4.78, 5) is 11.1. The van der Waals surface area contributed by atoms with E-state index in [-0.39, 0.29) is 17.0 Å². The highest BCUT2D eigenvalue weighted by Crippen LogP contribution is 2.32. The van der Waals surface area contributed by atoms with Gasteiger partial charge in [-0.3, -0.25) is 0 Å². The second-order valence-electron chi connectivity index (χ2n) is 5.49. The smallest absolute Gasteiger partial charge is 0.406 e. The highest BCUT2D eigenvalue weighted by atomic mass is 35.5. The zero-order valence-electron chi connectivity index (χ0n) is 13.1. The summed E-state index contributed by atoms with van der Waals surface area (Å²) in [6.07, 6.45) is 1.41. The Bertz CT molecular complexity index is 524. The van der Waals surface area contributed by atoms with Gasteiger partial charge in [0.05, 0.1) is 24.8 Å². The Hall–Kier alpha value is -1.37. The molecule has 2 N–H and O–H groups in total. The molecule has 0 aliphatic carbocycles. The molecule has 1 aliphatic heterocycles. The minimum Gasteiger partial charge on any atom is -0.453 e. The standard InChI is InChI=1S/C16H22ClFN2O3/c1-22-16(21)20-7-8-23-15(12-3-2-6-19-10-12)11-4-5-14(18)13(17)9-11/h4-5,9,12,15,19H,2-3,6-8,10H2,1H3,(H,20,21)/t12?,15-/m0/s1. The fourth-order valence-electron chi connectivity index (χ4n) is 2.74. The molecule has 0 saturated carbocycles. The fourth-order valence-corrected chi connectivity index (χ4v) is 2.93. The molecule has 0 bridgehead atoms. The Balaban J connectivity index is 2.02. The van der Waals surface area contributed by atoms with Crippen LogP contribution in [0.5, 0.6) is 0 Å². The molecule has 1 unspecified atom stereocenters. The number of ether oxygens (including phenoxy) is 2. The van der Waals surface area contributed by atoms with Crippen molar-refractivity contribution in [1.82, 2.24) is 10.6 Å². The van der Waals surface area contributed by atoms with Crippen LogP contribution in [0.2, 0.25) is 5.02 Å². The number of nitrogens with one attached hydrogen (secondary N) is 2. The SMILES string of the molecule is COC(=O)NCCO[C@@H](c1ccc(F)c(Cl)c1)C1CCCNC1. The van der Waals surface area contributed by atoms with E-state index in [1.54, 1.807) is 12.1 Å². The Morgan fingerprint density at radius 3 is 3.04 bits per heavy atom. The Morgan fingerprint density at radius 2 is 2.39 bits per heavy atom. The zero-order chi connectivity index (χ0) is 16.7. The van der Waals surface area contributed by atoms with Crippen LogP contribution in [0.1, 0.15) is 24.5 Å². The van der Waals surface area contributed by atoms with Crippen LogP contribution in [0.15, 0.2) is 18.2 Å². The first-order valence-corrected chi connectivity index (χ1v) is 8.08. The fraction of sp³-hybridized carbons (Fsp3) is 0.562. The van der Waals surface area contributed by atoms with Gasteiger partial charge < -0.3 is 20.1 Å². The summed E-state index contributed by atoms with van der Waals surface area (Å²) in [5, 5.41) is 6.02. The first-order chi connectivity index (χ1) is 11.1. The normalized spacial score (nSPS) is 19.2. The van der Waals surface area contributed by atoms with E-state index < -0.39 is 11.9 Å². The van der Waals surface area contributed by atoms with Gasteiger partial charge in [0.25, 0.3) is 0 Å². The maximum absolute atomic E-state index is 13.4. The van der Waals surface area contributed by atoms with Gasteiger partial charge in [-0.2, -0.15) is 0 Å². The van der Waals surface area contributed by atoms with Gasteiger partial charge in [-0.25, -0.2) is 9.18 Å². The lowest BCUT2D eigenvalue weighted by atomic mass is 9.89. The van der Waals surface area contributed by atoms with Crippen molar-refractivity contribution < 1.29 is 18.7 Å². The number of hydrogen-bond donors (Lipinski definition) is 2. The molecule has 0 spiro atoms. The molecule has 7 heteroatoms. The summed E-state index contributed by atoms with van der Waals surface area (Å²) in [6, 6.07) is 4.68. The van der Waals surface area contributed by atoms with E-state index in [4.69, 9.17) is 16.3 Å². The molecule has 5 nitrogen and oxygen atoms in total. The Labute approximate surface area is 140 Å². The van der Waals surface area contributed by atoms with Crippen LogP contribution in [0, 0.1) is 11.7 Å². The molecule has 2 atom stereocenters. The van der Waals surface area contributed by atoms with E-state index in [1.165, 1.54) is 13.2 Å². The van der Waals surface area contributed by atoms with Gasteiger partial charge in [0, 0.05) is 19.0 Å². The van der Waals surface area contributed by atoms with Crippen molar-refractivity contribution in [3.05, 3.63) is 34.6 Å². The van der Waals surface area contributed by atoms with E-state index in [1.807, 2.05) is 0 Å². The molecule has 23 heavy (non-hydrogen) atoms. The molecule has 1 aliphatic rings. The van der Waals surface area contributed by atoms with Crippen molar-refractivity contribution in [2.75, 3.05) is 33.4 Å².